The first-order valence-electron chi connectivity index (χ1n) is 6.07. The molecule has 22 heavy (non-hydrogen) atoms. The predicted octanol–water partition coefficient (Wildman–Crippen LogP) is 1.77. The molecule has 5 nitrogen and oxygen atoms in total. The fraction of sp³-hybridized carbons (Fsp3) is 0.286. The van der Waals surface area contributed by atoms with E-state index < -0.39 is 29.2 Å². The zero-order valence-electron chi connectivity index (χ0n) is 11.9. The molecule has 0 aliphatic rings. The molecule has 1 amide bonds. The summed E-state index contributed by atoms with van der Waals surface area (Å²) < 4.78 is 50.2. The maximum absolute atomic E-state index is 14.1. The highest BCUT2D eigenvalue weighted by Crippen LogP contribution is 2.35. The Morgan fingerprint density at radius 3 is 2.59 bits per heavy atom. The average molecular weight is 317 g/mol. The van der Waals surface area contributed by atoms with E-state index in [0.717, 1.165) is 38.5 Å². The highest BCUT2D eigenvalue weighted by atomic mass is 19.3. The van der Waals surface area contributed by atoms with E-state index in [-0.39, 0.29) is 12.3 Å². The number of nitrogens with one attached hydrogen (secondary N) is 1. The molecule has 0 radical (unpaired) electrons. The Bertz CT molecular complexity index is 587. The zero-order chi connectivity index (χ0) is 16.8. The third-order valence-corrected chi connectivity index (χ3v) is 2.62. The van der Waals surface area contributed by atoms with E-state index in [4.69, 9.17) is 4.74 Å². The molecule has 120 valence electrons. The lowest BCUT2D eigenvalue weighted by Crippen LogP contribution is -2.38. The van der Waals surface area contributed by atoms with Gasteiger partial charge in [0.05, 0.1) is 19.8 Å². The number of carbonyl (C=O) groups is 2. The predicted molar refractivity (Wildman–Crippen MR) is 71.0 cm³/mol. The van der Waals surface area contributed by atoms with Crippen LogP contribution in [-0.4, -0.2) is 32.6 Å². The number of carbonyl (C=O) groups excluding carboxylic acids is 2. The molecular weight excluding hydrogens is 303 g/mol. The average Bonchev–Trinajstić information content (AvgIpc) is 2.50. The van der Waals surface area contributed by atoms with E-state index >= 15 is 0 Å². The van der Waals surface area contributed by atoms with Gasteiger partial charge in [-0.1, -0.05) is 6.08 Å². The van der Waals surface area contributed by atoms with Crippen LogP contribution in [0.3, 0.4) is 0 Å². The maximum atomic E-state index is 14.1. The lowest BCUT2D eigenvalue weighted by atomic mass is 10.1. The maximum Gasteiger partial charge on any atom is 0.353 e. The van der Waals surface area contributed by atoms with Gasteiger partial charge in [-0.25, -0.2) is 9.18 Å². The highest BCUT2D eigenvalue weighted by Gasteiger charge is 2.43. The summed E-state index contributed by atoms with van der Waals surface area (Å²) in [6.07, 6.45) is 2.11. The van der Waals surface area contributed by atoms with Crippen molar-refractivity contribution < 1.29 is 32.2 Å². The summed E-state index contributed by atoms with van der Waals surface area (Å²) in [7, 11) is 2.28. The van der Waals surface area contributed by atoms with Crippen LogP contribution in [0.15, 0.2) is 30.4 Å². The molecule has 1 aromatic rings. The van der Waals surface area contributed by atoms with Crippen LogP contribution >= 0.6 is 0 Å². The lowest BCUT2D eigenvalue weighted by Gasteiger charge is -2.18. The molecule has 0 saturated carbocycles. The van der Waals surface area contributed by atoms with Crippen molar-refractivity contribution in [1.29, 1.82) is 0 Å². The first-order chi connectivity index (χ1) is 10.3. The minimum Gasteiger partial charge on any atom is -0.496 e. The summed E-state index contributed by atoms with van der Waals surface area (Å²) in [5, 5.41) is 1.91. The number of amides is 1. The van der Waals surface area contributed by atoms with Crippen LogP contribution in [0.25, 0.3) is 0 Å². The van der Waals surface area contributed by atoms with E-state index in [2.05, 4.69) is 4.74 Å². The van der Waals surface area contributed by atoms with Crippen LogP contribution in [0.5, 0.6) is 5.75 Å². The molecular formula is C14H14F3NO4. The summed E-state index contributed by atoms with van der Waals surface area (Å²) in [6.45, 7) is -0.318. The van der Waals surface area contributed by atoms with Gasteiger partial charge in [0.15, 0.2) is 0 Å². The van der Waals surface area contributed by atoms with Crippen molar-refractivity contribution in [3.63, 3.8) is 0 Å². The minimum atomic E-state index is -3.99. The third kappa shape index (κ3) is 4.24. The quantitative estimate of drug-likeness (QED) is 0.641. The van der Waals surface area contributed by atoms with Crippen molar-refractivity contribution in [3.05, 3.63) is 41.7 Å². The van der Waals surface area contributed by atoms with Gasteiger partial charge >= 0.3 is 11.9 Å². The lowest BCUT2D eigenvalue weighted by molar-refractivity contribution is -0.147. The number of rotatable bonds is 6. The fourth-order valence-electron chi connectivity index (χ4n) is 1.53. The van der Waals surface area contributed by atoms with Gasteiger partial charge in [0.1, 0.15) is 11.6 Å². The molecule has 1 rings (SSSR count). The smallest absolute Gasteiger partial charge is 0.353 e. The highest BCUT2D eigenvalue weighted by molar-refractivity contribution is 5.86. The molecule has 0 unspecified atom stereocenters. The molecule has 0 fully saturated rings. The van der Waals surface area contributed by atoms with E-state index in [1.807, 2.05) is 5.32 Å². The zero-order valence-corrected chi connectivity index (χ0v) is 11.9. The van der Waals surface area contributed by atoms with Gasteiger partial charge in [-0.15, -0.1) is 0 Å². The number of esters is 1. The first-order valence-corrected chi connectivity index (χ1v) is 6.07. The van der Waals surface area contributed by atoms with Crippen LogP contribution in [0.2, 0.25) is 0 Å². The van der Waals surface area contributed by atoms with E-state index in [0.29, 0.717) is 6.07 Å². The Balaban J connectivity index is 2.85. The van der Waals surface area contributed by atoms with Crippen molar-refractivity contribution in [3.8, 4) is 5.75 Å². The standard InChI is InChI=1S/C14H14F3NO4/c1-21-11-6-5-9(15)8-10(11)14(16,17)13(20)18-7-3-4-12(19)22-2/h3-6,8H,7H2,1-2H3,(H,18,20)/b4-3+. The Hall–Kier alpha value is -2.51. The molecule has 0 heterocycles. The Kier molecular flexibility index (Phi) is 5.97. The second-order valence-electron chi connectivity index (χ2n) is 4.05. The summed E-state index contributed by atoms with van der Waals surface area (Å²) in [5.74, 6) is -7.56. The van der Waals surface area contributed by atoms with Crippen molar-refractivity contribution >= 4 is 11.9 Å². The monoisotopic (exact) mass is 317 g/mol. The molecule has 0 aliphatic carbocycles. The van der Waals surface area contributed by atoms with E-state index in [1.165, 1.54) is 0 Å². The van der Waals surface area contributed by atoms with E-state index in [9.17, 15) is 22.8 Å². The third-order valence-electron chi connectivity index (χ3n) is 2.62. The number of alkyl halides is 2. The molecule has 8 heteroatoms. The number of methoxy groups -OCH3 is 2. The van der Waals surface area contributed by atoms with Crippen molar-refractivity contribution in [1.82, 2.24) is 5.32 Å². The summed E-state index contributed by atoms with van der Waals surface area (Å²) in [4.78, 5) is 22.3. The molecule has 1 N–H and O–H groups in total. The Labute approximate surface area is 124 Å². The van der Waals surface area contributed by atoms with Gasteiger partial charge in [0, 0.05) is 12.6 Å². The number of hydrogen-bond acceptors (Lipinski definition) is 4. The largest absolute Gasteiger partial charge is 0.496 e. The molecule has 0 aromatic heterocycles. The Morgan fingerprint density at radius 2 is 2.00 bits per heavy atom. The minimum absolute atomic E-state index is 0.313. The number of ether oxygens (including phenoxy) is 2. The van der Waals surface area contributed by atoms with Crippen molar-refractivity contribution in [2.24, 2.45) is 0 Å². The van der Waals surface area contributed by atoms with Gasteiger partial charge in [0.25, 0.3) is 5.91 Å². The van der Waals surface area contributed by atoms with Crippen LogP contribution < -0.4 is 10.1 Å². The van der Waals surface area contributed by atoms with Crippen LogP contribution in [-0.2, 0) is 20.2 Å². The Morgan fingerprint density at radius 1 is 1.32 bits per heavy atom. The first kappa shape index (κ1) is 17.5. The van der Waals surface area contributed by atoms with E-state index in [1.54, 1.807) is 0 Å². The summed E-state index contributed by atoms with van der Waals surface area (Å²) in [5.41, 5.74) is -0.885. The van der Waals surface area contributed by atoms with Gasteiger partial charge in [-0.05, 0) is 18.2 Å². The van der Waals surface area contributed by atoms with Crippen molar-refractivity contribution in [2.75, 3.05) is 20.8 Å². The second-order valence-corrected chi connectivity index (χ2v) is 4.05. The summed E-state index contributed by atoms with van der Waals surface area (Å²) >= 11 is 0. The van der Waals surface area contributed by atoms with Crippen molar-refractivity contribution in [2.45, 2.75) is 5.92 Å². The number of hydrogen-bond donors (Lipinski definition) is 1. The van der Waals surface area contributed by atoms with Gasteiger partial charge < -0.3 is 14.8 Å². The fourth-order valence-corrected chi connectivity index (χ4v) is 1.53. The molecule has 0 spiro atoms. The van der Waals surface area contributed by atoms with Crippen LogP contribution in [0.1, 0.15) is 5.56 Å². The molecule has 0 atom stereocenters. The SMILES string of the molecule is COC(=O)/C=C/CNC(=O)C(F)(F)c1cc(F)ccc1OC. The number of halogens is 3. The molecule has 0 aliphatic heterocycles. The van der Waals surface area contributed by atoms with Crippen LogP contribution in [0, 0.1) is 5.82 Å². The second kappa shape index (κ2) is 7.48. The molecule has 0 saturated heterocycles. The van der Waals surface area contributed by atoms with Gasteiger partial charge in [-0.3, -0.25) is 4.79 Å². The van der Waals surface area contributed by atoms with Crippen LogP contribution in [0.4, 0.5) is 13.2 Å². The molecule has 0 bridgehead atoms. The van der Waals surface area contributed by atoms with Gasteiger partial charge in [-0.2, -0.15) is 8.78 Å². The number of benzene rings is 1. The summed E-state index contributed by atoms with van der Waals surface area (Å²) in [6, 6.07) is 2.47. The normalized spacial score (nSPS) is 11.3. The topological polar surface area (TPSA) is 64.6 Å². The van der Waals surface area contributed by atoms with Gasteiger partial charge in [0.2, 0.25) is 0 Å². The molecule has 1 aromatic carbocycles.